The number of Topliss-reactive ketones (excluding diaryl/α,β-unsaturated/α-hetero) is 1. The summed E-state index contributed by atoms with van der Waals surface area (Å²) in [6.45, 7) is 7.90. The Labute approximate surface area is 152 Å². The van der Waals surface area contributed by atoms with Gasteiger partial charge in [0.05, 0.1) is 37.3 Å². The lowest BCUT2D eigenvalue weighted by molar-refractivity contribution is -0.141. The number of aliphatic hydroxyl groups is 1. The van der Waals surface area contributed by atoms with E-state index in [1.807, 2.05) is 0 Å². The molecule has 2 amide bonds. The summed E-state index contributed by atoms with van der Waals surface area (Å²) in [5, 5.41) is 12.3. The van der Waals surface area contributed by atoms with Crippen LogP contribution >= 0.6 is 0 Å². The second-order valence-corrected chi connectivity index (χ2v) is 6.56. The fourth-order valence-corrected chi connectivity index (χ4v) is 3.13. The van der Waals surface area contributed by atoms with Gasteiger partial charge in [-0.1, -0.05) is 18.7 Å². The number of carbonyl (C=O) groups is 3. The third kappa shape index (κ3) is 4.70. The van der Waals surface area contributed by atoms with Crippen LogP contribution < -0.4 is 5.32 Å². The van der Waals surface area contributed by atoms with E-state index in [-0.39, 0.29) is 37.4 Å². The Balaban J connectivity index is 1.99. The van der Waals surface area contributed by atoms with E-state index < -0.39 is 24.2 Å². The van der Waals surface area contributed by atoms with Crippen molar-refractivity contribution < 1.29 is 29.0 Å². The molecule has 0 aliphatic carbocycles. The fraction of sp³-hybridized carbons (Fsp3) is 0.611. The predicted octanol–water partition coefficient (Wildman–Crippen LogP) is 0.411. The molecular formula is C18H26N2O6. The average Bonchev–Trinajstić information content (AvgIpc) is 2.58. The van der Waals surface area contributed by atoms with E-state index in [1.54, 1.807) is 13.0 Å². The maximum absolute atomic E-state index is 12.5. The average molecular weight is 366 g/mol. The molecule has 0 radical (unpaired) electrons. The van der Waals surface area contributed by atoms with E-state index in [1.165, 1.54) is 17.9 Å². The summed E-state index contributed by atoms with van der Waals surface area (Å²) in [5.41, 5.74) is 0.479. The van der Waals surface area contributed by atoms with Crippen molar-refractivity contribution in [3.05, 3.63) is 24.3 Å². The first-order chi connectivity index (χ1) is 12.3. The molecule has 26 heavy (non-hydrogen) atoms. The van der Waals surface area contributed by atoms with Gasteiger partial charge in [0.25, 0.3) is 0 Å². The van der Waals surface area contributed by atoms with Crippen LogP contribution in [0.5, 0.6) is 0 Å². The number of carbonyl (C=O) groups excluding carboxylic acids is 3. The van der Waals surface area contributed by atoms with Gasteiger partial charge >= 0.3 is 6.09 Å². The minimum Gasteiger partial charge on any atom is -0.445 e. The Morgan fingerprint density at radius 2 is 2.27 bits per heavy atom. The summed E-state index contributed by atoms with van der Waals surface area (Å²) in [6, 6.07) is -0.761. The molecule has 8 heteroatoms. The molecular weight excluding hydrogens is 340 g/mol. The standard InChI is InChI=1S/C18H26N2O6/c1-4-6-26-18(24)20-5-7-25-10-13(20)8-11(2)15(22)9-14-16(12(3)21)17(23)19-14/h4,8,12-14,16,21H,1,5-7,9-10H2,2-3H3,(H,19,23)/b11-8+/t12-,13-,14-,16-/m1/s1. The lowest BCUT2D eigenvalue weighted by atomic mass is 9.82. The molecule has 4 atom stereocenters. The van der Waals surface area contributed by atoms with Gasteiger partial charge in [0.15, 0.2) is 5.78 Å². The SMILES string of the molecule is C=CCOC(=O)N1CCOC[C@H]1/C=C(\C)C(=O)C[C@H]1NC(=O)[C@@H]1[C@@H](C)O. The van der Waals surface area contributed by atoms with Crippen molar-refractivity contribution >= 4 is 17.8 Å². The minimum atomic E-state index is -0.798. The molecule has 0 unspecified atom stereocenters. The monoisotopic (exact) mass is 366 g/mol. The Hall–Kier alpha value is -2.19. The number of hydrogen-bond donors (Lipinski definition) is 2. The maximum atomic E-state index is 12.5. The highest BCUT2D eigenvalue weighted by molar-refractivity contribution is 5.97. The molecule has 2 aliphatic rings. The molecule has 0 spiro atoms. The number of ether oxygens (including phenoxy) is 2. The Morgan fingerprint density at radius 1 is 1.54 bits per heavy atom. The maximum Gasteiger partial charge on any atom is 0.410 e. The van der Waals surface area contributed by atoms with Gasteiger partial charge < -0.3 is 19.9 Å². The van der Waals surface area contributed by atoms with Crippen LogP contribution in [0.1, 0.15) is 20.3 Å². The molecule has 0 aromatic rings. The van der Waals surface area contributed by atoms with Crippen LogP contribution in [0.15, 0.2) is 24.3 Å². The van der Waals surface area contributed by atoms with Crippen molar-refractivity contribution in [2.24, 2.45) is 5.92 Å². The van der Waals surface area contributed by atoms with E-state index in [9.17, 15) is 19.5 Å². The molecule has 2 aliphatic heterocycles. The van der Waals surface area contributed by atoms with E-state index in [0.29, 0.717) is 18.7 Å². The largest absolute Gasteiger partial charge is 0.445 e. The predicted molar refractivity (Wildman–Crippen MR) is 93.3 cm³/mol. The highest BCUT2D eigenvalue weighted by Crippen LogP contribution is 2.23. The van der Waals surface area contributed by atoms with Crippen molar-refractivity contribution in [3.63, 3.8) is 0 Å². The van der Waals surface area contributed by atoms with Crippen LogP contribution in [0.2, 0.25) is 0 Å². The summed E-state index contributed by atoms with van der Waals surface area (Å²) in [4.78, 5) is 37.6. The lowest BCUT2D eigenvalue weighted by Crippen LogP contribution is -2.62. The van der Waals surface area contributed by atoms with E-state index in [0.717, 1.165) is 0 Å². The van der Waals surface area contributed by atoms with Gasteiger partial charge in [-0.25, -0.2) is 4.79 Å². The van der Waals surface area contributed by atoms with Crippen LogP contribution in [-0.2, 0) is 19.1 Å². The summed E-state index contributed by atoms with van der Waals surface area (Å²) in [7, 11) is 0. The topological polar surface area (TPSA) is 105 Å². The number of hydrogen-bond acceptors (Lipinski definition) is 6. The van der Waals surface area contributed by atoms with Crippen LogP contribution in [0, 0.1) is 5.92 Å². The van der Waals surface area contributed by atoms with E-state index in [4.69, 9.17) is 9.47 Å². The first-order valence-corrected chi connectivity index (χ1v) is 8.67. The van der Waals surface area contributed by atoms with Gasteiger partial charge in [-0.3, -0.25) is 14.5 Å². The Kier molecular flexibility index (Phi) is 6.93. The van der Waals surface area contributed by atoms with Gasteiger partial charge in [0.2, 0.25) is 5.91 Å². The lowest BCUT2D eigenvalue weighted by Gasteiger charge is -2.38. The Morgan fingerprint density at radius 3 is 2.88 bits per heavy atom. The summed E-state index contributed by atoms with van der Waals surface area (Å²) in [5.74, 6) is -0.947. The van der Waals surface area contributed by atoms with Gasteiger partial charge in [-0.05, 0) is 19.4 Å². The zero-order valence-corrected chi connectivity index (χ0v) is 15.1. The second kappa shape index (κ2) is 8.95. The highest BCUT2D eigenvalue weighted by Gasteiger charge is 2.43. The Bertz CT molecular complexity index is 600. The number of morpholine rings is 1. The molecule has 2 N–H and O–H groups in total. The van der Waals surface area contributed by atoms with Gasteiger partial charge in [-0.2, -0.15) is 0 Å². The number of nitrogens with zero attached hydrogens (tertiary/aromatic N) is 1. The number of rotatable bonds is 7. The van der Waals surface area contributed by atoms with Crippen LogP contribution in [0.3, 0.4) is 0 Å². The fourth-order valence-electron chi connectivity index (χ4n) is 3.13. The molecule has 2 fully saturated rings. The number of allylic oxidation sites excluding steroid dienone is 1. The van der Waals surface area contributed by atoms with Crippen molar-refractivity contribution in [1.82, 2.24) is 10.2 Å². The number of β-lactam (4-membered cyclic amide) rings is 1. The smallest absolute Gasteiger partial charge is 0.410 e. The summed E-state index contributed by atoms with van der Waals surface area (Å²) < 4.78 is 10.5. The zero-order valence-electron chi connectivity index (χ0n) is 15.1. The third-order valence-electron chi connectivity index (χ3n) is 4.60. The molecule has 2 saturated heterocycles. The first-order valence-electron chi connectivity index (χ1n) is 8.67. The van der Waals surface area contributed by atoms with E-state index >= 15 is 0 Å². The summed E-state index contributed by atoms with van der Waals surface area (Å²) >= 11 is 0. The van der Waals surface area contributed by atoms with E-state index in [2.05, 4.69) is 11.9 Å². The van der Waals surface area contributed by atoms with Crippen molar-refractivity contribution in [1.29, 1.82) is 0 Å². The molecule has 144 valence electrons. The quantitative estimate of drug-likeness (QED) is 0.384. The first kappa shape index (κ1) is 20.1. The zero-order chi connectivity index (χ0) is 19.3. The second-order valence-electron chi connectivity index (χ2n) is 6.56. The van der Waals surface area contributed by atoms with Crippen molar-refractivity contribution in [2.75, 3.05) is 26.4 Å². The molecule has 8 nitrogen and oxygen atoms in total. The van der Waals surface area contributed by atoms with Crippen molar-refractivity contribution in [3.8, 4) is 0 Å². The minimum absolute atomic E-state index is 0.109. The molecule has 0 aromatic heterocycles. The number of nitrogens with one attached hydrogen (secondary N) is 1. The van der Waals surface area contributed by atoms with Crippen molar-refractivity contribution in [2.45, 2.75) is 38.5 Å². The van der Waals surface area contributed by atoms with Crippen LogP contribution in [0.25, 0.3) is 0 Å². The summed E-state index contributed by atoms with van der Waals surface area (Å²) in [6.07, 6.45) is 2.01. The van der Waals surface area contributed by atoms with Gasteiger partial charge in [-0.15, -0.1) is 0 Å². The normalized spacial score (nSPS) is 27.2. The number of aliphatic hydroxyl groups excluding tert-OH is 1. The molecule has 0 saturated carbocycles. The molecule has 2 rings (SSSR count). The third-order valence-corrected chi connectivity index (χ3v) is 4.60. The number of amides is 2. The highest BCUT2D eigenvalue weighted by atomic mass is 16.6. The van der Waals surface area contributed by atoms with Gasteiger partial charge in [0, 0.05) is 13.0 Å². The molecule has 0 aromatic carbocycles. The molecule has 0 bridgehead atoms. The van der Waals surface area contributed by atoms with Gasteiger partial charge in [0.1, 0.15) is 6.61 Å². The molecule has 2 heterocycles. The van der Waals surface area contributed by atoms with Crippen LogP contribution in [0.4, 0.5) is 4.79 Å². The van der Waals surface area contributed by atoms with Crippen LogP contribution in [-0.4, -0.2) is 72.3 Å². The number of ketones is 1.